The third-order valence-electron chi connectivity index (χ3n) is 7.27. The van der Waals surface area contributed by atoms with Gasteiger partial charge in [0.15, 0.2) is 11.6 Å². The number of ether oxygens (including phenoxy) is 1. The molecular formula is C23H26N2O5. The van der Waals surface area contributed by atoms with Crippen molar-refractivity contribution in [3.63, 3.8) is 0 Å². The molecule has 4 aliphatic rings. The number of nitrogens with zero attached hydrogens (tertiary/aromatic N) is 2. The first-order chi connectivity index (χ1) is 14.4. The number of benzene rings is 1. The van der Waals surface area contributed by atoms with Gasteiger partial charge in [-0.25, -0.2) is 0 Å². The zero-order valence-corrected chi connectivity index (χ0v) is 17.1. The fourth-order valence-corrected chi connectivity index (χ4v) is 6.12. The molecule has 1 aromatic rings. The van der Waals surface area contributed by atoms with Crippen LogP contribution in [0.3, 0.4) is 0 Å². The van der Waals surface area contributed by atoms with Gasteiger partial charge in [0.25, 0.3) is 0 Å². The molecule has 3 saturated heterocycles. The highest BCUT2D eigenvalue weighted by atomic mass is 16.6. The smallest absolute Gasteiger partial charge is 0.307 e. The van der Waals surface area contributed by atoms with Gasteiger partial charge in [-0.3, -0.25) is 19.2 Å². The van der Waals surface area contributed by atoms with Crippen LogP contribution in [0.1, 0.15) is 51.0 Å². The molecule has 3 aliphatic heterocycles. The predicted molar refractivity (Wildman–Crippen MR) is 106 cm³/mol. The molecule has 3 heterocycles. The highest BCUT2D eigenvalue weighted by molar-refractivity contribution is 6.02. The molecule has 30 heavy (non-hydrogen) atoms. The maximum atomic E-state index is 13.8. The van der Waals surface area contributed by atoms with Crippen LogP contribution in [0.2, 0.25) is 0 Å². The normalized spacial score (nSPS) is 33.2. The number of likely N-dealkylation sites (tertiary alicyclic amines) is 2. The Bertz CT molecular complexity index is 909. The van der Waals surface area contributed by atoms with Gasteiger partial charge in [0.1, 0.15) is 5.78 Å². The van der Waals surface area contributed by atoms with Crippen molar-refractivity contribution in [2.24, 2.45) is 5.92 Å². The van der Waals surface area contributed by atoms with E-state index >= 15 is 0 Å². The first-order valence-electron chi connectivity index (χ1n) is 10.8. The summed E-state index contributed by atoms with van der Waals surface area (Å²) in [6.07, 6.45) is 3.84. The lowest BCUT2D eigenvalue weighted by atomic mass is 9.79. The number of hydrogen-bond donors (Lipinski definition) is 0. The average molecular weight is 410 g/mol. The number of ketones is 1. The summed E-state index contributed by atoms with van der Waals surface area (Å²) in [5, 5.41) is 0. The summed E-state index contributed by atoms with van der Waals surface area (Å²) < 4.78 is 5.89. The van der Waals surface area contributed by atoms with Gasteiger partial charge >= 0.3 is 5.97 Å². The van der Waals surface area contributed by atoms with E-state index < -0.39 is 29.6 Å². The van der Waals surface area contributed by atoms with Crippen molar-refractivity contribution in [3.8, 4) is 0 Å². The summed E-state index contributed by atoms with van der Waals surface area (Å²) in [4.78, 5) is 55.2. The predicted octanol–water partition coefficient (Wildman–Crippen LogP) is 1.83. The molecule has 1 aromatic carbocycles. The first kappa shape index (κ1) is 19.3. The highest BCUT2D eigenvalue weighted by Gasteiger charge is 2.77. The summed E-state index contributed by atoms with van der Waals surface area (Å²) in [6, 6.07) is 8.14. The van der Waals surface area contributed by atoms with Gasteiger partial charge in [-0.2, -0.15) is 0 Å². The fraction of sp³-hybridized carbons (Fsp3) is 0.565. The van der Waals surface area contributed by atoms with Crippen LogP contribution in [0, 0.1) is 5.92 Å². The quantitative estimate of drug-likeness (QED) is 0.692. The molecule has 0 aromatic heterocycles. The van der Waals surface area contributed by atoms with Crippen molar-refractivity contribution >= 4 is 23.6 Å². The van der Waals surface area contributed by atoms with E-state index in [0.29, 0.717) is 6.54 Å². The lowest BCUT2D eigenvalue weighted by molar-refractivity contribution is -0.154. The van der Waals surface area contributed by atoms with Gasteiger partial charge in [-0.1, -0.05) is 43.2 Å². The largest absolute Gasteiger partial charge is 0.453 e. The van der Waals surface area contributed by atoms with Crippen LogP contribution in [0.4, 0.5) is 0 Å². The average Bonchev–Trinajstić information content (AvgIpc) is 3.43. The molecule has 4 fully saturated rings. The minimum atomic E-state index is -1.26. The maximum Gasteiger partial charge on any atom is 0.307 e. The SMILES string of the molecule is CC(=O)CC1N(Cc2ccccc2)C(=O)C2N(C3CCCC3)C(=O)C3CC(=O)OC312. The molecule has 7 heteroatoms. The molecule has 158 valence electrons. The van der Waals surface area contributed by atoms with Crippen molar-refractivity contribution in [2.45, 2.75) is 75.7 Å². The molecule has 0 N–H and O–H groups in total. The molecule has 4 unspecified atom stereocenters. The number of hydrogen-bond acceptors (Lipinski definition) is 5. The van der Waals surface area contributed by atoms with Crippen LogP contribution >= 0.6 is 0 Å². The van der Waals surface area contributed by atoms with E-state index in [-0.39, 0.29) is 36.5 Å². The number of amides is 2. The molecule has 1 aliphatic carbocycles. The lowest BCUT2D eigenvalue weighted by Gasteiger charge is -2.34. The summed E-state index contributed by atoms with van der Waals surface area (Å²) in [5.41, 5.74) is -0.315. The third-order valence-corrected chi connectivity index (χ3v) is 7.27. The topological polar surface area (TPSA) is 84.0 Å². The monoisotopic (exact) mass is 410 g/mol. The summed E-state index contributed by atoms with van der Waals surface area (Å²) in [6.45, 7) is 1.80. The van der Waals surface area contributed by atoms with Crippen molar-refractivity contribution in [1.29, 1.82) is 0 Å². The second kappa shape index (κ2) is 6.93. The molecular weight excluding hydrogens is 384 g/mol. The van der Waals surface area contributed by atoms with Gasteiger partial charge in [-0.15, -0.1) is 0 Å². The van der Waals surface area contributed by atoms with Gasteiger partial charge in [0.05, 0.1) is 18.4 Å². The van der Waals surface area contributed by atoms with E-state index in [1.54, 1.807) is 9.80 Å². The summed E-state index contributed by atoms with van der Waals surface area (Å²) in [5.74, 6) is -1.59. The molecule has 4 atom stereocenters. The Morgan fingerprint density at radius 2 is 1.80 bits per heavy atom. The second-order valence-electron chi connectivity index (χ2n) is 9.04. The lowest BCUT2D eigenvalue weighted by Crippen LogP contribution is -2.53. The summed E-state index contributed by atoms with van der Waals surface area (Å²) in [7, 11) is 0. The van der Waals surface area contributed by atoms with Crippen LogP contribution in [0.15, 0.2) is 30.3 Å². The minimum absolute atomic E-state index is 0.00211. The molecule has 0 radical (unpaired) electrons. The molecule has 2 amide bonds. The Morgan fingerprint density at radius 3 is 2.47 bits per heavy atom. The molecule has 5 rings (SSSR count). The minimum Gasteiger partial charge on any atom is -0.453 e. The Balaban J connectivity index is 1.60. The Hall–Kier alpha value is -2.70. The van der Waals surface area contributed by atoms with Crippen LogP contribution in [-0.4, -0.2) is 57.1 Å². The van der Waals surface area contributed by atoms with Crippen molar-refractivity contribution in [1.82, 2.24) is 9.80 Å². The van der Waals surface area contributed by atoms with E-state index in [0.717, 1.165) is 31.2 Å². The van der Waals surface area contributed by atoms with Gasteiger partial charge in [0, 0.05) is 19.0 Å². The van der Waals surface area contributed by atoms with E-state index in [1.807, 2.05) is 30.3 Å². The van der Waals surface area contributed by atoms with Crippen molar-refractivity contribution in [2.75, 3.05) is 0 Å². The van der Waals surface area contributed by atoms with Crippen molar-refractivity contribution in [3.05, 3.63) is 35.9 Å². The van der Waals surface area contributed by atoms with E-state index in [9.17, 15) is 19.2 Å². The fourth-order valence-electron chi connectivity index (χ4n) is 6.12. The standard InChI is InChI=1S/C23H26N2O5/c1-14(26)11-18-23-17(12-19(27)30-23)21(28)25(16-9-5-6-10-16)20(23)22(29)24(18)13-15-7-3-2-4-8-15/h2-4,7-8,16-18,20H,5-6,9-13H2,1H3. The van der Waals surface area contributed by atoms with E-state index in [2.05, 4.69) is 0 Å². The van der Waals surface area contributed by atoms with Gasteiger partial charge in [-0.05, 0) is 25.3 Å². The third kappa shape index (κ3) is 2.63. The number of rotatable bonds is 5. The summed E-state index contributed by atoms with van der Waals surface area (Å²) >= 11 is 0. The van der Waals surface area contributed by atoms with E-state index in [4.69, 9.17) is 4.74 Å². The zero-order chi connectivity index (χ0) is 21.0. The number of carbonyl (C=O) groups excluding carboxylic acids is 4. The Labute approximate surface area is 175 Å². The maximum absolute atomic E-state index is 13.8. The molecule has 7 nitrogen and oxygen atoms in total. The zero-order valence-electron chi connectivity index (χ0n) is 17.1. The first-order valence-corrected chi connectivity index (χ1v) is 10.8. The van der Waals surface area contributed by atoms with Crippen LogP contribution < -0.4 is 0 Å². The van der Waals surface area contributed by atoms with Gasteiger partial charge < -0.3 is 14.5 Å². The molecule has 1 spiro atoms. The van der Waals surface area contributed by atoms with Crippen LogP contribution in [0.25, 0.3) is 0 Å². The number of carbonyl (C=O) groups is 4. The Morgan fingerprint density at radius 1 is 1.10 bits per heavy atom. The second-order valence-corrected chi connectivity index (χ2v) is 9.04. The van der Waals surface area contributed by atoms with Crippen LogP contribution in [-0.2, 0) is 30.5 Å². The number of Topliss-reactive ketones (excluding diaryl/α,β-unsaturated/α-hetero) is 1. The Kier molecular flexibility index (Phi) is 4.45. The van der Waals surface area contributed by atoms with Crippen molar-refractivity contribution < 1.29 is 23.9 Å². The van der Waals surface area contributed by atoms with Gasteiger partial charge in [0.2, 0.25) is 11.8 Å². The van der Waals surface area contributed by atoms with Crippen LogP contribution in [0.5, 0.6) is 0 Å². The van der Waals surface area contributed by atoms with E-state index in [1.165, 1.54) is 6.92 Å². The highest BCUT2D eigenvalue weighted by Crippen LogP contribution is 2.55. The molecule has 1 saturated carbocycles. The molecule has 0 bridgehead atoms. The number of esters is 1.